The lowest BCUT2D eigenvalue weighted by atomic mass is 9.91. The highest BCUT2D eigenvalue weighted by atomic mass is 32.2. The molecule has 0 amide bonds. The summed E-state index contributed by atoms with van der Waals surface area (Å²) >= 11 is 1.12. The molecule has 0 saturated carbocycles. The highest BCUT2D eigenvalue weighted by Gasteiger charge is 2.23. The van der Waals surface area contributed by atoms with Crippen LogP contribution in [0, 0.1) is 0 Å². The average molecular weight is 305 g/mol. The Morgan fingerprint density at radius 2 is 1.95 bits per heavy atom. The zero-order valence-electron chi connectivity index (χ0n) is 13.5. The molecule has 114 valence electrons. The van der Waals surface area contributed by atoms with Crippen molar-refractivity contribution in [2.75, 3.05) is 5.32 Å². The Morgan fingerprint density at radius 1 is 1.29 bits per heavy atom. The van der Waals surface area contributed by atoms with E-state index < -0.39 is 5.60 Å². The predicted molar refractivity (Wildman–Crippen MR) is 89.9 cm³/mol. The topological polar surface area (TPSA) is 38.3 Å². The van der Waals surface area contributed by atoms with Crippen molar-refractivity contribution in [2.45, 2.75) is 57.6 Å². The van der Waals surface area contributed by atoms with Gasteiger partial charge in [0.1, 0.15) is 5.60 Å². The smallest absolute Gasteiger partial charge is 0.372 e. The Balaban J connectivity index is 2.19. The number of hydrogen-bond donors (Lipinski definition) is 1. The highest BCUT2D eigenvalue weighted by Crippen LogP contribution is 2.36. The van der Waals surface area contributed by atoms with E-state index in [0.717, 1.165) is 22.3 Å². The van der Waals surface area contributed by atoms with Crippen LogP contribution in [-0.4, -0.2) is 16.4 Å². The van der Waals surface area contributed by atoms with Crippen molar-refractivity contribution in [2.24, 2.45) is 0 Å². The van der Waals surface area contributed by atoms with E-state index in [1.54, 1.807) is 0 Å². The molecule has 21 heavy (non-hydrogen) atoms. The molecule has 0 spiro atoms. The number of carbonyl (C=O) groups excluding carboxylic acids is 1. The minimum absolute atomic E-state index is 0.0771. The fourth-order valence-electron chi connectivity index (χ4n) is 2.40. The summed E-state index contributed by atoms with van der Waals surface area (Å²) in [4.78, 5) is 12.8. The van der Waals surface area contributed by atoms with E-state index in [0.29, 0.717) is 0 Å². The van der Waals surface area contributed by atoms with Crippen LogP contribution in [0.5, 0.6) is 0 Å². The van der Waals surface area contributed by atoms with Gasteiger partial charge >= 0.3 is 5.30 Å². The Labute approximate surface area is 131 Å². The van der Waals surface area contributed by atoms with E-state index in [9.17, 15) is 4.79 Å². The minimum atomic E-state index is -0.460. The first kappa shape index (κ1) is 16.0. The summed E-state index contributed by atoms with van der Waals surface area (Å²) in [6.45, 7) is 12.0. The van der Waals surface area contributed by atoms with Crippen LogP contribution < -0.4 is 5.32 Å². The normalized spacial score (nSPS) is 16.6. The SMILES string of the molecule is CC1=CC(C)(C)Nc2cc(SC(=O)OC(C)(C)C)ccc21. The molecule has 1 aliphatic heterocycles. The zero-order valence-corrected chi connectivity index (χ0v) is 14.4. The Hall–Kier alpha value is -1.42. The molecule has 2 rings (SSSR count). The van der Waals surface area contributed by atoms with Gasteiger partial charge in [-0.2, -0.15) is 0 Å². The quantitative estimate of drug-likeness (QED) is 0.563. The molecule has 0 aliphatic carbocycles. The third-order valence-electron chi connectivity index (χ3n) is 3.04. The molecule has 0 bridgehead atoms. The Bertz CT molecular complexity index is 597. The van der Waals surface area contributed by atoms with E-state index in [4.69, 9.17) is 4.74 Å². The monoisotopic (exact) mass is 305 g/mol. The second-order valence-electron chi connectivity index (χ2n) is 6.95. The molecule has 0 unspecified atom stereocenters. The number of allylic oxidation sites excluding steroid dienone is 1. The third-order valence-corrected chi connectivity index (χ3v) is 3.78. The van der Waals surface area contributed by atoms with Gasteiger partial charge in [0.15, 0.2) is 0 Å². The maximum atomic E-state index is 11.9. The van der Waals surface area contributed by atoms with Crippen molar-refractivity contribution < 1.29 is 9.53 Å². The van der Waals surface area contributed by atoms with Crippen LogP contribution in [0.3, 0.4) is 0 Å². The summed E-state index contributed by atoms with van der Waals surface area (Å²) in [5, 5.41) is 3.21. The molecule has 1 heterocycles. The maximum Gasteiger partial charge on any atom is 0.372 e. The summed E-state index contributed by atoms with van der Waals surface area (Å²) in [5.74, 6) is 0. The Kier molecular flexibility index (Phi) is 4.11. The molecule has 3 nitrogen and oxygen atoms in total. The summed E-state index contributed by atoms with van der Waals surface area (Å²) < 4.78 is 5.34. The van der Waals surface area contributed by atoms with Gasteiger partial charge in [0.2, 0.25) is 0 Å². The molecular weight excluding hydrogens is 282 g/mol. The van der Waals surface area contributed by atoms with E-state index in [2.05, 4.69) is 38.2 Å². The van der Waals surface area contributed by atoms with Gasteiger partial charge in [-0.25, -0.2) is 4.79 Å². The second kappa shape index (κ2) is 5.41. The number of anilines is 1. The fourth-order valence-corrected chi connectivity index (χ4v) is 3.20. The number of hydrogen-bond acceptors (Lipinski definition) is 4. The fraction of sp³-hybridized carbons (Fsp3) is 0.471. The van der Waals surface area contributed by atoms with E-state index >= 15 is 0 Å². The van der Waals surface area contributed by atoms with Crippen LogP contribution in [0.15, 0.2) is 29.2 Å². The number of thioether (sulfide) groups is 1. The minimum Gasteiger partial charge on any atom is -0.452 e. The van der Waals surface area contributed by atoms with Gasteiger partial charge in [-0.05, 0) is 71.0 Å². The van der Waals surface area contributed by atoms with Crippen LogP contribution >= 0.6 is 11.8 Å². The lowest BCUT2D eigenvalue weighted by Crippen LogP contribution is -2.31. The van der Waals surface area contributed by atoms with E-state index in [1.165, 1.54) is 11.1 Å². The van der Waals surface area contributed by atoms with Crippen molar-refractivity contribution in [3.8, 4) is 0 Å². The molecule has 0 aromatic heterocycles. The molecule has 1 aliphatic rings. The number of nitrogens with one attached hydrogen (secondary N) is 1. The van der Waals surface area contributed by atoms with Crippen LogP contribution in [0.2, 0.25) is 0 Å². The van der Waals surface area contributed by atoms with Gasteiger partial charge < -0.3 is 10.1 Å². The van der Waals surface area contributed by atoms with Gasteiger partial charge in [0.05, 0.1) is 5.54 Å². The molecule has 0 saturated heterocycles. The van der Waals surface area contributed by atoms with Crippen molar-refractivity contribution in [1.82, 2.24) is 0 Å². The second-order valence-corrected chi connectivity index (χ2v) is 7.96. The van der Waals surface area contributed by atoms with Crippen molar-refractivity contribution in [3.63, 3.8) is 0 Å². The number of rotatable bonds is 1. The van der Waals surface area contributed by atoms with Crippen LogP contribution in [0.25, 0.3) is 5.57 Å². The summed E-state index contributed by atoms with van der Waals surface area (Å²) in [7, 11) is 0. The zero-order chi connectivity index (χ0) is 15.8. The average Bonchev–Trinajstić information content (AvgIpc) is 2.23. The van der Waals surface area contributed by atoms with E-state index in [1.807, 2.05) is 32.9 Å². The van der Waals surface area contributed by atoms with Crippen LogP contribution in [0.4, 0.5) is 10.5 Å². The van der Waals surface area contributed by atoms with Crippen LogP contribution in [-0.2, 0) is 4.74 Å². The third kappa shape index (κ3) is 4.27. The van der Waals surface area contributed by atoms with Gasteiger partial charge in [-0.15, -0.1) is 0 Å². The van der Waals surface area contributed by atoms with E-state index in [-0.39, 0.29) is 10.8 Å². The van der Waals surface area contributed by atoms with Gasteiger partial charge in [-0.3, -0.25) is 0 Å². The largest absolute Gasteiger partial charge is 0.452 e. The molecule has 1 aromatic rings. The summed E-state index contributed by atoms with van der Waals surface area (Å²) in [6, 6.07) is 6.03. The highest BCUT2D eigenvalue weighted by molar-refractivity contribution is 8.13. The molecule has 0 fully saturated rings. The maximum absolute atomic E-state index is 11.9. The van der Waals surface area contributed by atoms with Crippen molar-refractivity contribution in [1.29, 1.82) is 0 Å². The van der Waals surface area contributed by atoms with Crippen molar-refractivity contribution in [3.05, 3.63) is 29.8 Å². The van der Waals surface area contributed by atoms with Crippen LogP contribution in [0.1, 0.15) is 47.1 Å². The number of carbonyl (C=O) groups is 1. The molecule has 1 aromatic carbocycles. The predicted octanol–water partition coefficient (Wildman–Crippen LogP) is 5.32. The molecule has 0 atom stereocenters. The number of ether oxygens (including phenoxy) is 1. The van der Waals surface area contributed by atoms with Crippen molar-refractivity contribution >= 4 is 28.3 Å². The first-order valence-electron chi connectivity index (χ1n) is 7.09. The molecule has 1 N–H and O–H groups in total. The number of benzene rings is 1. The molecular formula is C17H23NO2S. The lowest BCUT2D eigenvalue weighted by Gasteiger charge is -2.31. The molecule has 0 radical (unpaired) electrons. The molecule has 4 heteroatoms. The van der Waals surface area contributed by atoms with Gasteiger partial charge in [0, 0.05) is 16.1 Å². The lowest BCUT2D eigenvalue weighted by molar-refractivity contribution is 0.0738. The first-order valence-corrected chi connectivity index (χ1v) is 7.90. The first-order chi connectivity index (χ1) is 9.56. The Morgan fingerprint density at radius 3 is 2.57 bits per heavy atom. The standard InChI is InChI=1S/C17H23NO2S/c1-11-10-17(5,6)18-14-9-12(7-8-13(11)14)21-15(19)20-16(2,3)4/h7-10,18H,1-6H3. The number of fused-ring (bicyclic) bond motifs is 1. The summed E-state index contributed by atoms with van der Waals surface area (Å²) in [5.41, 5.74) is 2.96. The van der Waals surface area contributed by atoms with Gasteiger partial charge in [0.25, 0.3) is 0 Å². The van der Waals surface area contributed by atoms with Gasteiger partial charge in [-0.1, -0.05) is 12.1 Å². The summed E-state index contributed by atoms with van der Waals surface area (Å²) in [6.07, 6.45) is 2.22.